The van der Waals surface area contributed by atoms with Gasteiger partial charge >= 0.3 is 0 Å². The number of aliphatic imine (C=N–C) groups is 1. The molecule has 4 heteroatoms. The van der Waals surface area contributed by atoms with E-state index in [-0.39, 0.29) is 0 Å². The number of hydrogen-bond acceptors (Lipinski definition) is 3. The van der Waals surface area contributed by atoms with Crippen LogP contribution in [0.5, 0.6) is 0 Å². The van der Waals surface area contributed by atoms with Crippen molar-refractivity contribution in [3.05, 3.63) is 0 Å². The number of thioether (sulfide) groups is 1. The minimum absolute atomic E-state index is 0.298. The molecule has 0 aromatic heterocycles. The van der Waals surface area contributed by atoms with Gasteiger partial charge in [-0.05, 0) is 25.7 Å². The Morgan fingerprint density at radius 3 is 2.88 bits per heavy atom. The van der Waals surface area contributed by atoms with Crippen LogP contribution in [-0.4, -0.2) is 36.2 Å². The Hall–Kier alpha value is -0.220. The molecule has 2 aliphatic heterocycles. The Balaban J connectivity index is 1.82. The normalized spacial score (nSPS) is 30.5. The molecule has 2 saturated heterocycles. The first-order valence-corrected chi connectivity index (χ1v) is 7.80. The minimum Gasteiger partial charge on any atom is -0.381 e. The molecule has 2 aliphatic rings. The maximum absolute atomic E-state index is 5.48. The summed E-state index contributed by atoms with van der Waals surface area (Å²) in [6.07, 6.45) is 4.84. The number of rotatable bonds is 4. The van der Waals surface area contributed by atoms with E-state index >= 15 is 0 Å². The zero-order valence-electron chi connectivity index (χ0n) is 11.0. The maximum Gasteiger partial charge on any atom is 0.157 e. The van der Waals surface area contributed by atoms with Gasteiger partial charge in [0.15, 0.2) is 5.17 Å². The van der Waals surface area contributed by atoms with Gasteiger partial charge in [-0.15, -0.1) is 0 Å². The summed E-state index contributed by atoms with van der Waals surface area (Å²) in [5.74, 6) is 1.80. The molecule has 2 rings (SSSR count). The van der Waals surface area contributed by atoms with E-state index in [1.807, 2.05) is 11.8 Å². The smallest absolute Gasteiger partial charge is 0.157 e. The second-order valence-corrected chi connectivity index (χ2v) is 6.09. The van der Waals surface area contributed by atoms with Crippen LogP contribution < -0.4 is 5.32 Å². The molecule has 0 aliphatic carbocycles. The Morgan fingerprint density at radius 1 is 1.47 bits per heavy atom. The highest BCUT2D eigenvalue weighted by molar-refractivity contribution is 8.14. The summed E-state index contributed by atoms with van der Waals surface area (Å²) >= 11 is 1.89. The van der Waals surface area contributed by atoms with Crippen molar-refractivity contribution >= 4 is 16.9 Å². The molecule has 1 unspecified atom stereocenters. The van der Waals surface area contributed by atoms with Gasteiger partial charge in [-0.1, -0.05) is 25.6 Å². The monoisotopic (exact) mass is 256 g/mol. The standard InChI is InChI=1S/C13H24N2OS/c1-3-13(4-2)10-17-12(15-13)14-8-11-6-5-7-16-9-11/h11H,3-10H2,1-2H3,(H,14,15). The third-order valence-corrected chi connectivity index (χ3v) is 5.16. The highest BCUT2D eigenvalue weighted by atomic mass is 32.2. The molecule has 1 atom stereocenters. The molecule has 98 valence electrons. The maximum atomic E-state index is 5.48. The van der Waals surface area contributed by atoms with Crippen molar-refractivity contribution < 1.29 is 4.74 Å². The summed E-state index contributed by atoms with van der Waals surface area (Å²) in [5.41, 5.74) is 0.298. The Bertz CT molecular complexity index is 271. The average Bonchev–Trinajstić information content (AvgIpc) is 2.82. The fourth-order valence-electron chi connectivity index (χ4n) is 2.38. The van der Waals surface area contributed by atoms with E-state index in [1.54, 1.807) is 0 Å². The summed E-state index contributed by atoms with van der Waals surface area (Å²) in [4.78, 5) is 4.73. The van der Waals surface area contributed by atoms with Crippen LogP contribution in [0, 0.1) is 5.92 Å². The van der Waals surface area contributed by atoms with E-state index in [9.17, 15) is 0 Å². The van der Waals surface area contributed by atoms with Gasteiger partial charge < -0.3 is 10.1 Å². The van der Waals surface area contributed by atoms with Crippen LogP contribution in [0.1, 0.15) is 39.5 Å². The molecule has 2 fully saturated rings. The first kappa shape index (κ1) is 13.2. The quantitative estimate of drug-likeness (QED) is 0.839. The second-order valence-electron chi connectivity index (χ2n) is 5.13. The first-order valence-electron chi connectivity index (χ1n) is 6.81. The number of hydrogen-bond donors (Lipinski definition) is 1. The van der Waals surface area contributed by atoms with Gasteiger partial charge in [0.05, 0.1) is 6.61 Å². The Labute approximate surface area is 109 Å². The van der Waals surface area contributed by atoms with E-state index < -0.39 is 0 Å². The third-order valence-electron chi connectivity index (χ3n) is 3.96. The lowest BCUT2D eigenvalue weighted by molar-refractivity contribution is 0.0582. The summed E-state index contributed by atoms with van der Waals surface area (Å²) in [7, 11) is 0. The molecule has 0 aromatic rings. The van der Waals surface area contributed by atoms with Gasteiger partial charge in [-0.3, -0.25) is 4.99 Å². The van der Waals surface area contributed by atoms with Crippen LogP contribution in [-0.2, 0) is 4.74 Å². The molecule has 17 heavy (non-hydrogen) atoms. The minimum atomic E-state index is 0.298. The lowest BCUT2D eigenvalue weighted by Gasteiger charge is -2.25. The molecule has 0 spiro atoms. The van der Waals surface area contributed by atoms with Crippen LogP contribution in [0.4, 0.5) is 0 Å². The van der Waals surface area contributed by atoms with E-state index in [1.165, 1.54) is 31.4 Å². The fourth-order valence-corrected chi connectivity index (χ4v) is 3.73. The second kappa shape index (κ2) is 6.10. The highest BCUT2D eigenvalue weighted by Gasteiger charge is 2.33. The van der Waals surface area contributed by atoms with Gasteiger partial charge in [-0.2, -0.15) is 0 Å². The van der Waals surface area contributed by atoms with Gasteiger partial charge in [-0.25, -0.2) is 0 Å². The van der Waals surface area contributed by atoms with E-state index in [0.29, 0.717) is 11.5 Å². The molecule has 2 heterocycles. The van der Waals surface area contributed by atoms with Crippen molar-refractivity contribution in [1.82, 2.24) is 5.32 Å². The predicted molar refractivity (Wildman–Crippen MR) is 74.8 cm³/mol. The molecule has 0 saturated carbocycles. The topological polar surface area (TPSA) is 33.6 Å². The zero-order chi connectivity index (χ0) is 12.1. The molecular weight excluding hydrogens is 232 g/mol. The highest BCUT2D eigenvalue weighted by Crippen LogP contribution is 2.29. The molecular formula is C13H24N2OS. The van der Waals surface area contributed by atoms with E-state index in [4.69, 9.17) is 9.73 Å². The Kier molecular flexibility index (Phi) is 4.74. The van der Waals surface area contributed by atoms with Crippen LogP contribution in [0.25, 0.3) is 0 Å². The lowest BCUT2D eigenvalue weighted by Crippen LogP contribution is -2.42. The molecule has 0 bridgehead atoms. The predicted octanol–water partition coefficient (Wildman–Crippen LogP) is 2.66. The Morgan fingerprint density at radius 2 is 2.29 bits per heavy atom. The molecule has 0 radical (unpaired) electrons. The summed E-state index contributed by atoms with van der Waals surface area (Å²) in [6.45, 7) is 7.28. The fraction of sp³-hybridized carbons (Fsp3) is 0.923. The van der Waals surface area contributed by atoms with Gasteiger partial charge in [0.2, 0.25) is 0 Å². The molecule has 0 amide bonds. The van der Waals surface area contributed by atoms with Gasteiger partial charge in [0.25, 0.3) is 0 Å². The van der Waals surface area contributed by atoms with Crippen LogP contribution in [0.15, 0.2) is 4.99 Å². The first-order chi connectivity index (χ1) is 8.28. The van der Waals surface area contributed by atoms with Gasteiger partial charge in [0, 0.05) is 30.4 Å². The summed E-state index contributed by atoms with van der Waals surface area (Å²) < 4.78 is 5.48. The zero-order valence-corrected chi connectivity index (χ0v) is 11.8. The van der Waals surface area contributed by atoms with Gasteiger partial charge in [0.1, 0.15) is 0 Å². The van der Waals surface area contributed by atoms with Crippen molar-refractivity contribution in [3.63, 3.8) is 0 Å². The number of ether oxygens (including phenoxy) is 1. The van der Waals surface area contributed by atoms with Crippen molar-refractivity contribution in [2.75, 3.05) is 25.5 Å². The third kappa shape index (κ3) is 3.38. The van der Waals surface area contributed by atoms with E-state index in [2.05, 4.69) is 19.2 Å². The lowest BCUT2D eigenvalue weighted by atomic mass is 9.96. The number of amidine groups is 1. The molecule has 3 nitrogen and oxygen atoms in total. The van der Waals surface area contributed by atoms with Crippen LogP contribution >= 0.6 is 11.8 Å². The van der Waals surface area contributed by atoms with Crippen molar-refractivity contribution in [2.45, 2.75) is 45.1 Å². The SMILES string of the molecule is CCC1(CC)CSC(=NCC2CCCOC2)N1. The van der Waals surface area contributed by atoms with E-state index in [0.717, 1.165) is 24.9 Å². The van der Waals surface area contributed by atoms with Crippen LogP contribution in [0.2, 0.25) is 0 Å². The van der Waals surface area contributed by atoms with Crippen molar-refractivity contribution in [1.29, 1.82) is 0 Å². The molecule has 1 N–H and O–H groups in total. The number of nitrogens with one attached hydrogen (secondary N) is 1. The number of nitrogens with zero attached hydrogens (tertiary/aromatic N) is 1. The average molecular weight is 256 g/mol. The van der Waals surface area contributed by atoms with Crippen LogP contribution in [0.3, 0.4) is 0 Å². The van der Waals surface area contributed by atoms with Crippen molar-refractivity contribution in [2.24, 2.45) is 10.9 Å². The summed E-state index contributed by atoms with van der Waals surface area (Å²) in [6, 6.07) is 0. The van der Waals surface area contributed by atoms with Crippen molar-refractivity contribution in [3.8, 4) is 0 Å². The largest absolute Gasteiger partial charge is 0.381 e. The summed E-state index contributed by atoms with van der Waals surface area (Å²) in [5, 5.41) is 4.77. The molecule has 0 aromatic carbocycles.